The molecule has 2 aliphatic rings. The van der Waals surface area contributed by atoms with Crippen LogP contribution in [0.25, 0.3) is 0 Å². The van der Waals surface area contributed by atoms with E-state index in [1.54, 1.807) is 6.07 Å². The normalized spacial score (nSPS) is 21.0. The molecule has 1 aliphatic heterocycles. The fourth-order valence-electron chi connectivity index (χ4n) is 3.19. The largest absolute Gasteiger partial charge is 0.486 e. The lowest BCUT2D eigenvalue weighted by Gasteiger charge is -2.32. The minimum Gasteiger partial charge on any atom is -0.486 e. The molecular formula is C14H18FNO2. The molecule has 3 nitrogen and oxygen atoms in total. The quantitative estimate of drug-likeness (QED) is 0.877. The van der Waals surface area contributed by atoms with Crippen LogP contribution in [0.4, 0.5) is 4.39 Å². The fraction of sp³-hybridized carbons (Fsp3) is 0.571. The zero-order valence-corrected chi connectivity index (χ0v) is 10.4. The number of nitrogens with two attached hydrogens (primary N) is 1. The van der Waals surface area contributed by atoms with E-state index >= 15 is 0 Å². The van der Waals surface area contributed by atoms with Crippen molar-refractivity contribution < 1.29 is 13.9 Å². The van der Waals surface area contributed by atoms with Crippen LogP contribution < -0.4 is 15.2 Å². The highest BCUT2D eigenvalue weighted by atomic mass is 19.1. The van der Waals surface area contributed by atoms with Gasteiger partial charge in [0.15, 0.2) is 11.5 Å². The van der Waals surface area contributed by atoms with E-state index in [0.717, 1.165) is 25.7 Å². The van der Waals surface area contributed by atoms with Crippen LogP contribution in [0, 0.1) is 5.82 Å². The summed E-state index contributed by atoms with van der Waals surface area (Å²) < 4.78 is 25.5. The Hall–Kier alpha value is -1.29. The van der Waals surface area contributed by atoms with Crippen LogP contribution in [-0.2, 0) is 5.41 Å². The van der Waals surface area contributed by atoms with E-state index in [1.807, 2.05) is 0 Å². The van der Waals surface area contributed by atoms with Crippen LogP contribution in [0.1, 0.15) is 31.2 Å². The molecule has 98 valence electrons. The molecule has 1 heterocycles. The number of rotatable bonds is 2. The summed E-state index contributed by atoms with van der Waals surface area (Å²) in [5.74, 6) is 1.01. The number of benzene rings is 1. The van der Waals surface area contributed by atoms with Crippen molar-refractivity contribution in [3.63, 3.8) is 0 Å². The molecule has 0 bridgehead atoms. The minimum absolute atomic E-state index is 0.216. The lowest BCUT2D eigenvalue weighted by molar-refractivity contribution is 0.165. The summed E-state index contributed by atoms with van der Waals surface area (Å²) in [4.78, 5) is 0. The lowest BCUT2D eigenvalue weighted by Crippen LogP contribution is -2.34. The number of ether oxygens (including phenoxy) is 2. The summed E-state index contributed by atoms with van der Waals surface area (Å²) in [5, 5.41) is 0. The van der Waals surface area contributed by atoms with Gasteiger partial charge in [0.05, 0.1) is 0 Å². The standard InChI is InChI=1S/C14H18FNO2/c15-10-3-4-11-13(18-8-7-17-11)12(10)14(9-16)5-1-2-6-14/h3-4H,1-2,5-9,16H2. The second kappa shape index (κ2) is 4.43. The van der Waals surface area contributed by atoms with Crippen LogP contribution in [0.5, 0.6) is 11.5 Å². The summed E-state index contributed by atoms with van der Waals surface area (Å²) >= 11 is 0. The van der Waals surface area contributed by atoms with Gasteiger partial charge in [0.1, 0.15) is 19.0 Å². The molecule has 0 amide bonds. The predicted molar refractivity (Wildman–Crippen MR) is 66.6 cm³/mol. The minimum atomic E-state index is -0.268. The van der Waals surface area contributed by atoms with Crippen LogP contribution in [0.2, 0.25) is 0 Å². The van der Waals surface area contributed by atoms with Gasteiger partial charge in [0, 0.05) is 17.5 Å². The average Bonchev–Trinajstić information content (AvgIpc) is 2.88. The fourth-order valence-corrected chi connectivity index (χ4v) is 3.19. The van der Waals surface area contributed by atoms with E-state index in [2.05, 4.69) is 0 Å². The van der Waals surface area contributed by atoms with Crippen molar-refractivity contribution in [3.05, 3.63) is 23.5 Å². The molecule has 0 unspecified atom stereocenters. The Labute approximate surface area is 106 Å². The van der Waals surface area contributed by atoms with Crippen molar-refractivity contribution in [2.24, 2.45) is 5.73 Å². The van der Waals surface area contributed by atoms with Gasteiger partial charge in [-0.2, -0.15) is 0 Å². The number of halogens is 1. The monoisotopic (exact) mass is 251 g/mol. The lowest BCUT2D eigenvalue weighted by atomic mass is 9.78. The van der Waals surface area contributed by atoms with Crippen molar-refractivity contribution in [1.29, 1.82) is 0 Å². The van der Waals surface area contributed by atoms with Gasteiger partial charge in [-0.3, -0.25) is 0 Å². The van der Waals surface area contributed by atoms with E-state index < -0.39 is 0 Å². The van der Waals surface area contributed by atoms with Crippen LogP contribution in [0.15, 0.2) is 12.1 Å². The third kappa shape index (κ3) is 1.67. The van der Waals surface area contributed by atoms with Gasteiger partial charge in [0.25, 0.3) is 0 Å². The summed E-state index contributed by atoms with van der Waals surface area (Å²) in [7, 11) is 0. The average molecular weight is 251 g/mol. The molecular weight excluding hydrogens is 233 g/mol. The Morgan fingerprint density at radius 2 is 1.89 bits per heavy atom. The zero-order valence-electron chi connectivity index (χ0n) is 10.4. The molecule has 1 saturated carbocycles. The first-order chi connectivity index (χ1) is 8.77. The number of fused-ring (bicyclic) bond motifs is 1. The Kier molecular flexibility index (Phi) is 2.90. The number of hydrogen-bond donors (Lipinski definition) is 1. The molecule has 18 heavy (non-hydrogen) atoms. The molecule has 0 saturated heterocycles. The summed E-state index contributed by atoms with van der Waals surface area (Å²) in [5.41, 5.74) is 6.31. The zero-order chi connectivity index (χ0) is 12.6. The van der Waals surface area contributed by atoms with Crippen molar-refractivity contribution in [2.45, 2.75) is 31.1 Å². The first-order valence-electron chi connectivity index (χ1n) is 6.55. The highest BCUT2D eigenvalue weighted by Gasteiger charge is 2.40. The topological polar surface area (TPSA) is 44.5 Å². The smallest absolute Gasteiger partial charge is 0.168 e. The molecule has 0 aromatic heterocycles. The maximum absolute atomic E-state index is 14.3. The molecule has 1 aliphatic carbocycles. The molecule has 1 fully saturated rings. The Morgan fingerprint density at radius 1 is 1.17 bits per heavy atom. The summed E-state index contributed by atoms with van der Waals surface area (Å²) in [6.07, 6.45) is 4.06. The Bertz CT molecular complexity index is 455. The SMILES string of the molecule is NCC1(c2c(F)ccc3c2OCCO3)CCCC1. The van der Waals surface area contributed by atoms with Gasteiger partial charge >= 0.3 is 0 Å². The van der Waals surface area contributed by atoms with Gasteiger partial charge in [-0.25, -0.2) is 4.39 Å². The van der Waals surface area contributed by atoms with E-state index in [-0.39, 0.29) is 11.2 Å². The van der Waals surface area contributed by atoms with Gasteiger partial charge in [-0.05, 0) is 25.0 Å². The van der Waals surface area contributed by atoms with Gasteiger partial charge < -0.3 is 15.2 Å². The molecule has 0 atom stereocenters. The highest BCUT2D eigenvalue weighted by Crippen LogP contribution is 2.48. The molecule has 1 aromatic rings. The molecule has 4 heteroatoms. The van der Waals surface area contributed by atoms with Gasteiger partial charge in [0.2, 0.25) is 0 Å². The number of hydrogen-bond acceptors (Lipinski definition) is 3. The molecule has 0 spiro atoms. The van der Waals surface area contributed by atoms with Gasteiger partial charge in [-0.1, -0.05) is 12.8 Å². The molecule has 0 radical (unpaired) electrons. The Morgan fingerprint density at radius 3 is 2.61 bits per heavy atom. The van der Waals surface area contributed by atoms with Crippen LogP contribution >= 0.6 is 0 Å². The van der Waals surface area contributed by atoms with E-state index in [0.29, 0.717) is 36.8 Å². The predicted octanol–water partition coefficient (Wildman–Crippen LogP) is 2.37. The van der Waals surface area contributed by atoms with Crippen molar-refractivity contribution in [3.8, 4) is 11.5 Å². The highest BCUT2D eigenvalue weighted by molar-refractivity contribution is 5.52. The second-order valence-corrected chi connectivity index (χ2v) is 5.14. The van der Waals surface area contributed by atoms with Crippen molar-refractivity contribution in [2.75, 3.05) is 19.8 Å². The summed E-state index contributed by atoms with van der Waals surface area (Å²) in [6.45, 7) is 1.46. The second-order valence-electron chi connectivity index (χ2n) is 5.14. The van der Waals surface area contributed by atoms with Gasteiger partial charge in [-0.15, -0.1) is 0 Å². The maximum Gasteiger partial charge on any atom is 0.168 e. The third-order valence-electron chi connectivity index (χ3n) is 4.14. The van der Waals surface area contributed by atoms with E-state index in [4.69, 9.17) is 15.2 Å². The third-order valence-corrected chi connectivity index (χ3v) is 4.14. The van der Waals surface area contributed by atoms with E-state index in [9.17, 15) is 4.39 Å². The molecule has 1 aromatic carbocycles. The molecule has 2 N–H and O–H groups in total. The van der Waals surface area contributed by atoms with Crippen LogP contribution in [-0.4, -0.2) is 19.8 Å². The van der Waals surface area contributed by atoms with Crippen molar-refractivity contribution >= 4 is 0 Å². The van der Waals surface area contributed by atoms with Crippen LogP contribution in [0.3, 0.4) is 0 Å². The summed E-state index contributed by atoms with van der Waals surface area (Å²) in [6, 6.07) is 3.12. The molecule has 3 rings (SSSR count). The maximum atomic E-state index is 14.3. The first-order valence-corrected chi connectivity index (χ1v) is 6.55. The first kappa shape index (κ1) is 11.8. The Balaban J connectivity index is 2.15. The van der Waals surface area contributed by atoms with E-state index in [1.165, 1.54) is 6.07 Å². The van der Waals surface area contributed by atoms with Crippen molar-refractivity contribution in [1.82, 2.24) is 0 Å².